The number of carbonyl (C=O) groups is 1. The number of hydrogen-bond acceptors (Lipinski definition) is 3. The van der Waals surface area contributed by atoms with Gasteiger partial charge in [-0.3, -0.25) is 4.79 Å². The highest BCUT2D eigenvalue weighted by Gasteiger charge is 2.23. The van der Waals surface area contributed by atoms with Gasteiger partial charge in [0.2, 0.25) is 5.91 Å². The van der Waals surface area contributed by atoms with Crippen molar-refractivity contribution in [3.63, 3.8) is 0 Å². The van der Waals surface area contributed by atoms with Gasteiger partial charge >= 0.3 is 0 Å². The Morgan fingerprint density at radius 2 is 2.23 bits per heavy atom. The van der Waals surface area contributed by atoms with Gasteiger partial charge in [0.15, 0.2) is 0 Å². The molecular weight excluding hydrogens is 170 g/mol. The number of aliphatic hydroxyl groups is 1. The molecule has 4 heteroatoms. The van der Waals surface area contributed by atoms with E-state index in [-0.39, 0.29) is 18.6 Å². The lowest BCUT2D eigenvalue weighted by Crippen LogP contribution is -2.43. The van der Waals surface area contributed by atoms with Crippen molar-refractivity contribution in [1.29, 1.82) is 0 Å². The lowest BCUT2D eigenvalue weighted by Gasteiger charge is -2.29. The van der Waals surface area contributed by atoms with Crippen LogP contribution in [0.3, 0.4) is 0 Å². The van der Waals surface area contributed by atoms with E-state index in [1.807, 2.05) is 0 Å². The Labute approximate surface area is 78.3 Å². The summed E-state index contributed by atoms with van der Waals surface area (Å²) in [6.45, 7) is 2.97. The molecule has 0 bridgehead atoms. The van der Waals surface area contributed by atoms with Gasteiger partial charge in [-0.2, -0.15) is 0 Å². The van der Waals surface area contributed by atoms with Crippen LogP contribution in [0, 0.1) is 5.92 Å². The van der Waals surface area contributed by atoms with E-state index in [4.69, 9.17) is 9.84 Å². The summed E-state index contributed by atoms with van der Waals surface area (Å²) in [6, 6.07) is -0.0959. The van der Waals surface area contributed by atoms with Crippen molar-refractivity contribution in [2.24, 2.45) is 5.92 Å². The minimum atomic E-state index is -0.0959. The standard InChI is InChI=1S/C9H17NO3/c1-7(12)10-9(6-11)8-2-4-13-5-3-8/h8-9,11H,2-6H2,1H3,(H,10,12). The summed E-state index contributed by atoms with van der Waals surface area (Å²) in [4.78, 5) is 10.8. The number of amides is 1. The van der Waals surface area contributed by atoms with Crippen LogP contribution in [0.25, 0.3) is 0 Å². The third-order valence-corrected chi connectivity index (χ3v) is 2.42. The van der Waals surface area contributed by atoms with Crippen LogP contribution in [0.4, 0.5) is 0 Å². The van der Waals surface area contributed by atoms with Crippen molar-refractivity contribution in [3.8, 4) is 0 Å². The van der Waals surface area contributed by atoms with Crippen molar-refractivity contribution in [2.45, 2.75) is 25.8 Å². The second-order valence-corrected chi connectivity index (χ2v) is 3.44. The molecule has 1 fully saturated rings. The van der Waals surface area contributed by atoms with Gasteiger partial charge in [0.05, 0.1) is 12.6 Å². The maximum absolute atomic E-state index is 10.8. The topological polar surface area (TPSA) is 58.6 Å². The van der Waals surface area contributed by atoms with Crippen molar-refractivity contribution in [2.75, 3.05) is 19.8 Å². The second-order valence-electron chi connectivity index (χ2n) is 3.44. The summed E-state index contributed by atoms with van der Waals surface area (Å²) in [7, 11) is 0. The van der Waals surface area contributed by atoms with Gasteiger partial charge in [-0.25, -0.2) is 0 Å². The summed E-state index contributed by atoms with van der Waals surface area (Å²) in [5.74, 6) is 0.285. The molecule has 1 aliphatic heterocycles. The number of nitrogens with one attached hydrogen (secondary N) is 1. The molecule has 0 aliphatic carbocycles. The highest BCUT2D eigenvalue weighted by Crippen LogP contribution is 2.18. The Morgan fingerprint density at radius 3 is 2.69 bits per heavy atom. The highest BCUT2D eigenvalue weighted by molar-refractivity contribution is 5.73. The van der Waals surface area contributed by atoms with Gasteiger partial charge in [-0.15, -0.1) is 0 Å². The SMILES string of the molecule is CC(=O)NC(CO)C1CCOCC1. The zero-order chi connectivity index (χ0) is 9.68. The molecule has 13 heavy (non-hydrogen) atoms. The van der Waals surface area contributed by atoms with Crippen LogP contribution < -0.4 is 5.32 Å². The molecule has 1 amide bonds. The number of aliphatic hydroxyl groups excluding tert-OH is 1. The predicted molar refractivity (Wildman–Crippen MR) is 48.2 cm³/mol. The molecule has 1 saturated heterocycles. The van der Waals surface area contributed by atoms with Gasteiger partial charge < -0.3 is 15.2 Å². The van der Waals surface area contributed by atoms with Gasteiger partial charge in [-0.1, -0.05) is 0 Å². The molecule has 0 radical (unpaired) electrons. The Kier molecular flexibility index (Phi) is 4.18. The average molecular weight is 187 g/mol. The monoisotopic (exact) mass is 187 g/mol. The van der Waals surface area contributed by atoms with Crippen LogP contribution in [-0.2, 0) is 9.53 Å². The molecule has 1 aliphatic rings. The molecule has 0 spiro atoms. The fourth-order valence-corrected chi connectivity index (χ4v) is 1.69. The number of ether oxygens (including phenoxy) is 1. The van der Waals surface area contributed by atoms with Gasteiger partial charge in [0.1, 0.15) is 0 Å². The van der Waals surface area contributed by atoms with Crippen LogP contribution in [0.1, 0.15) is 19.8 Å². The van der Waals surface area contributed by atoms with Crippen LogP contribution in [0.5, 0.6) is 0 Å². The van der Waals surface area contributed by atoms with Gasteiger partial charge in [0, 0.05) is 20.1 Å². The Hall–Kier alpha value is -0.610. The lowest BCUT2D eigenvalue weighted by atomic mass is 9.92. The van der Waals surface area contributed by atoms with Crippen LogP contribution in [0.15, 0.2) is 0 Å². The maximum atomic E-state index is 10.8. The quantitative estimate of drug-likeness (QED) is 0.649. The van der Waals surface area contributed by atoms with Crippen molar-refractivity contribution in [1.82, 2.24) is 5.32 Å². The van der Waals surface area contributed by atoms with E-state index < -0.39 is 0 Å². The van der Waals surface area contributed by atoms with Crippen LogP contribution >= 0.6 is 0 Å². The molecule has 4 nitrogen and oxygen atoms in total. The zero-order valence-corrected chi connectivity index (χ0v) is 7.95. The molecular formula is C9H17NO3. The van der Waals surface area contributed by atoms with E-state index in [2.05, 4.69) is 5.32 Å². The van der Waals surface area contributed by atoms with Crippen LogP contribution in [-0.4, -0.2) is 36.9 Å². The minimum absolute atomic E-state index is 0.0181. The molecule has 76 valence electrons. The molecule has 0 aromatic heterocycles. The van der Waals surface area contributed by atoms with Gasteiger partial charge in [-0.05, 0) is 18.8 Å². The lowest BCUT2D eigenvalue weighted by molar-refractivity contribution is -0.120. The molecule has 0 aromatic rings. The molecule has 0 saturated carbocycles. The van der Waals surface area contributed by atoms with Crippen molar-refractivity contribution >= 4 is 5.91 Å². The number of rotatable bonds is 3. The summed E-state index contributed by atoms with van der Waals surface area (Å²) in [5.41, 5.74) is 0. The smallest absolute Gasteiger partial charge is 0.217 e. The van der Waals surface area contributed by atoms with Gasteiger partial charge in [0.25, 0.3) is 0 Å². The zero-order valence-electron chi connectivity index (χ0n) is 7.95. The predicted octanol–water partition coefficient (Wildman–Crippen LogP) is -0.0900. The van der Waals surface area contributed by atoms with E-state index in [0.29, 0.717) is 5.92 Å². The largest absolute Gasteiger partial charge is 0.394 e. The summed E-state index contributed by atoms with van der Waals surface area (Å²) in [5, 5.41) is 11.8. The molecule has 1 rings (SSSR count). The first kappa shape index (κ1) is 10.5. The molecule has 1 unspecified atom stereocenters. The Bertz CT molecular complexity index is 166. The van der Waals surface area contributed by atoms with E-state index in [0.717, 1.165) is 26.1 Å². The summed E-state index contributed by atoms with van der Waals surface area (Å²) < 4.78 is 5.21. The normalized spacial score (nSPS) is 21.1. The third kappa shape index (κ3) is 3.32. The first-order chi connectivity index (χ1) is 6.24. The van der Waals surface area contributed by atoms with E-state index in [1.165, 1.54) is 6.92 Å². The maximum Gasteiger partial charge on any atom is 0.217 e. The fourth-order valence-electron chi connectivity index (χ4n) is 1.69. The molecule has 0 aromatic carbocycles. The first-order valence-electron chi connectivity index (χ1n) is 4.69. The average Bonchev–Trinajstić information content (AvgIpc) is 2.15. The van der Waals surface area contributed by atoms with Crippen molar-refractivity contribution < 1.29 is 14.6 Å². The van der Waals surface area contributed by atoms with Crippen LogP contribution in [0.2, 0.25) is 0 Å². The van der Waals surface area contributed by atoms with Crippen molar-refractivity contribution in [3.05, 3.63) is 0 Å². The highest BCUT2D eigenvalue weighted by atomic mass is 16.5. The molecule has 1 heterocycles. The Morgan fingerprint density at radius 1 is 1.62 bits per heavy atom. The van der Waals surface area contributed by atoms with E-state index in [1.54, 1.807) is 0 Å². The number of carbonyl (C=O) groups excluding carboxylic acids is 1. The third-order valence-electron chi connectivity index (χ3n) is 2.42. The molecule has 2 N–H and O–H groups in total. The summed E-state index contributed by atoms with van der Waals surface area (Å²) in [6.07, 6.45) is 1.84. The molecule has 1 atom stereocenters. The van der Waals surface area contributed by atoms with E-state index >= 15 is 0 Å². The second kappa shape index (κ2) is 5.19. The minimum Gasteiger partial charge on any atom is -0.394 e. The fraction of sp³-hybridized carbons (Fsp3) is 0.889. The Balaban J connectivity index is 2.39. The summed E-state index contributed by atoms with van der Waals surface area (Å²) >= 11 is 0. The van der Waals surface area contributed by atoms with E-state index in [9.17, 15) is 4.79 Å². The number of hydrogen-bond donors (Lipinski definition) is 2. The first-order valence-corrected chi connectivity index (χ1v) is 4.69.